The van der Waals surface area contributed by atoms with Crippen molar-refractivity contribution in [3.63, 3.8) is 0 Å². The molecule has 2 heterocycles. The second kappa shape index (κ2) is 5.71. The average Bonchev–Trinajstić information content (AvgIpc) is 2.66. The van der Waals surface area contributed by atoms with E-state index < -0.39 is 6.10 Å². The molecule has 0 unspecified atom stereocenters. The van der Waals surface area contributed by atoms with Crippen LogP contribution in [0.5, 0.6) is 0 Å². The summed E-state index contributed by atoms with van der Waals surface area (Å²) in [5, 5.41) is 0. The molecular formula is C13H20N2O4. The topological polar surface area (TPSA) is 64.8 Å². The van der Waals surface area contributed by atoms with Crippen LogP contribution in [0.15, 0.2) is 4.42 Å². The predicted molar refractivity (Wildman–Crippen MR) is 67.6 cm³/mol. The van der Waals surface area contributed by atoms with Crippen molar-refractivity contribution in [2.75, 3.05) is 20.2 Å². The van der Waals surface area contributed by atoms with Crippen LogP contribution in [0.25, 0.3) is 0 Å². The van der Waals surface area contributed by atoms with Gasteiger partial charge in [-0.3, -0.25) is 4.90 Å². The first kappa shape index (κ1) is 14.0. The molecule has 0 amide bonds. The van der Waals surface area contributed by atoms with Gasteiger partial charge >= 0.3 is 5.97 Å². The van der Waals surface area contributed by atoms with Crippen LogP contribution in [-0.2, 0) is 20.8 Å². The van der Waals surface area contributed by atoms with Gasteiger partial charge in [0.1, 0.15) is 5.76 Å². The van der Waals surface area contributed by atoms with Gasteiger partial charge in [-0.25, -0.2) is 9.78 Å². The smallest absolute Gasteiger partial charge is 0.336 e. The molecule has 0 spiro atoms. The van der Waals surface area contributed by atoms with E-state index in [1.165, 1.54) is 7.11 Å². The van der Waals surface area contributed by atoms with Crippen LogP contribution in [0.3, 0.4) is 0 Å². The van der Waals surface area contributed by atoms with E-state index in [0.29, 0.717) is 19.0 Å². The van der Waals surface area contributed by atoms with Crippen molar-refractivity contribution >= 4 is 5.97 Å². The molecule has 6 heteroatoms. The summed E-state index contributed by atoms with van der Waals surface area (Å²) in [6, 6.07) is 0. The van der Waals surface area contributed by atoms with Gasteiger partial charge in [0, 0.05) is 13.1 Å². The van der Waals surface area contributed by atoms with Gasteiger partial charge in [0.2, 0.25) is 5.89 Å². The van der Waals surface area contributed by atoms with Gasteiger partial charge in [-0.15, -0.1) is 0 Å². The maximum absolute atomic E-state index is 11.6. The molecule has 1 aliphatic heterocycles. The van der Waals surface area contributed by atoms with Crippen LogP contribution in [0.4, 0.5) is 0 Å². The summed E-state index contributed by atoms with van der Waals surface area (Å²) >= 11 is 0. The maximum Gasteiger partial charge on any atom is 0.336 e. The lowest BCUT2D eigenvalue weighted by Crippen LogP contribution is -2.49. The van der Waals surface area contributed by atoms with Gasteiger partial charge in [0.15, 0.2) is 6.10 Å². The van der Waals surface area contributed by atoms with Crippen molar-refractivity contribution in [1.29, 1.82) is 0 Å². The zero-order valence-electron chi connectivity index (χ0n) is 11.8. The third kappa shape index (κ3) is 3.33. The van der Waals surface area contributed by atoms with Crippen molar-refractivity contribution < 1.29 is 18.7 Å². The first-order chi connectivity index (χ1) is 8.99. The lowest BCUT2D eigenvalue weighted by Gasteiger charge is -2.34. The van der Waals surface area contributed by atoms with Crippen LogP contribution in [-0.4, -0.2) is 48.3 Å². The van der Waals surface area contributed by atoms with Crippen molar-refractivity contribution in [3.05, 3.63) is 17.3 Å². The molecule has 2 rings (SSSR count). The zero-order valence-corrected chi connectivity index (χ0v) is 11.8. The first-order valence-corrected chi connectivity index (χ1v) is 6.38. The summed E-state index contributed by atoms with van der Waals surface area (Å²) in [5.74, 6) is 1.17. The summed E-state index contributed by atoms with van der Waals surface area (Å²) < 4.78 is 15.9. The summed E-state index contributed by atoms with van der Waals surface area (Å²) in [6.45, 7) is 7.57. The van der Waals surface area contributed by atoms with Gasteiger partial charge < -0.3 is 13.9 Å². The highest BCUT2D eigenvalue weighted by Crippen LogP contribution is 2.16. The van der Waals surface area contributed by atoms with E-state index in [0.717, 1.165) is 18.0 Å². The number of nitrogens with zero attached hydrogens (tertiary/aromatic N) is 2. The molecule has 0 radical (unpaired) electrons. The maximum atomic E-state index is 11.6. The number of aromatic nitrogens is 1. The number of ether oxygens (including phenoxy) is 2. The van der Waals surface area contributed by atoms with E-state index in [1.807, 2.05) is 20.8 Å². The molecule has 19 heavy (non-hydrogen) atoms. The molecule has 1 aromatic rings. The Balaban J connectivity index is 2.01. The van der Waals surface area contributed by atoms with Gasteiger partial charge in [0.25, 0.3) is 0 Å². The highest BCUT2D eigenvalue weighted by molar-refractivity contribution is 5.74. The van der Waals surface area contributed by atoms with E-state index in [2.05, 4.69) is 9.88 Å². The first-order valence-electron chi connectivity index (χ1n) is 6.38. The lowest BCUT2D eigenvalue weighted by atomic mass is 10.2. The minimum Gasteiger partial charge on any atom is -0.467 e. The number of hydrogen-bond donors (Lipinski definition) is 0. The average molecular weight is 268 g/mol. The molecule has 0 aromatic carbocycles. The number of oxazole rings is 1. The van der Waals surface area contributed by atoms with Gasteiger partial charge in [-0.05, 0) is 20.8 Å². The Morgan fingerprint density at radius 3 is 2.79 bits per heavy atom. The Bertz CT molecular complexity index is 438. The summed E-state index contributed by atoms with van der Waals surface area (Å²) in [5.41, 5.74) is 0.904. The highest BCUT2D eigenvalue weighted by atomic mass is 16.6. The summed E-state index contributed by atoms with van der Waals surface area (Å²) in [7, 11) is 1.37. The van der Waals surface area contributed by atoms with E-state index >= 15 is 0 Å². The Morgan fingerprint density at radius 2 is 2.21 bits per heavy atom. The Labute approximate surface area is 112 Å². The minimum atomic E-state index is -0.536. The normalized spacial score (nSPS) is 24.4. The quantitative estimate of drug-likeness (QED) is 0.764. The Hall–Kier alpha value is -1.40. The molecule has 6 nitrogen and oxygen atoms in total. The standard InChI is InChI=1S/C13H20N2O4/c1-8-5-15(6-11(18-8)13(16)17-4)7-12-14-9(2)10(3)19-12/h8,11H,5-7H2,1-4H3/t8-,11-/m1/s1. The van der Waals surface area contributed by atoms with E-state index in [9.17, 15) is 4.79 Å². The minimum absolute atomic E-state index is 0.0185. The number of carbonyl (C=O) groups is 1. The monoisotopic (exact) mass is 268 g/mol. The highest BCUT2D eigenvalue weighted by Gasteiger charge is 2.31. The van der Waals surface area contributed by atoms with E-state index in [1.54, 1.807) is 0 Å². The SMILES string of the molecule is COC(=O)[C@H]1CN(Cc2nc(C)c(C)o2)C[C@@H](C)O1. The third-order valence-corrected chi connectivity index (χ3v) is 3.23. The second-order valence-corrected chi connectivity index (χ2v) is 4.90. The fraction of sp³-hybridized carbons (Fsp3) is 0.692. The number of aryl methyl sites for hydroxylation is 2. The summed E-state index contributed by atoms with van der Waals surface area (Å²) in [6.07, 6.45) is -0.555. The van der Waals surface area contributed by atoms with Crippen molar-refractivity contribution in [1.82, 2.24) is 9.88 Å². The number of morpholine rings is 1. The summed E-state index contributed by atoms with van der Waals surface area (Å²) in [4.78, 5) is 18.0. The van der Waals surface area contributed by atoms with Crippen molar-refractivity contribution in [3.8, 4) is 0 Å². The molecule has 1 aromatic heterocycles. The molecule has 0 bridgehead atoms. The molecule has 0 saturated carbocycles. The van der Waals surface area contributed by atoms with Gasteiger partial charge in [-0.2, -0.15) is 0 Å². The van der Waals surface area contributed by atoms with Crippen molar-refractivity contribution in [2.45, 2.75) is 39.5 Å². The largest absolute Gasteiger partial charge is 0.467 e. The lowest BCUT2D eigenvalue weighted by molar-refractivity contribution is -0.166. The zero-order chi connectivity index (χ0) is 14.0. The predicted octanol–water partition coefficient (Wildman–Crippen LogP) is 1.05. The molecule has 1 aliphatic rings. The van der Waals surface area contributed by atoms with Gasteiger partial charge in [-0.1, -0.05) is 0 Å². The third-order valence-electron chi connectivity index (χ3n) is 3.23. The van der Waals surface area contributed by atoms with Gasteiger partial charge in [0.05, 0.1) is 25.5 Å². The van der Waals surface area contributed by atoms with Crippen LogP contribution in [0, 0.1) is 13.8 Å². The molecule has 106 valence electrons. The Kier molecular flexibility index (Phi) is 4.21. The number of carbonyl (C=O) groups excluding carboxylic acids is 1. The van der Waals surface area contributed by atoms with Crippen LogP contribution in [0.1, 0.15) is 24.3 Å². The number of esters is 1. The molecule has 0 aliphatic carbocycles. The van der Waals surface area contributed by atoms with Crippen LogP contribution >= 0.6 is 0 Å². The molecule has 1 saturated heterocycles. The van der Waals surface area contributed by atoms with Crippen molar-refractivity contribution in [2.24, 2.45) is 0 Å². The fourth-order valence-electron chi connectivity index (χ4n) is 2.23. The fourth-order valence-corrected chi connectivity index (χ4v) is 2.23. The van der Waals surface area contributed by atoms with E-state index in [-0.39, 0.29) is 12.1 Å². The number of methoxy groups -OCH3 is 1. The van der Waals surface area contributed by atoms with Crippen LogP contribution in [0.2, 0.25) is 0 Å². The van der Waals surface area contributed by atoms with E-state index in [4.69, 9.17) is 13.9 Å². The molecule has 0 N–H and O–H groups in total. The Morgan fingerprint density at radius 1 is 1.47 bits per heavy atom. The number of hydrogen-bond acceptors (Lipinski definition) is 6. The van der Waals surface area contributed by atoms with Crippen LogP contribution < -0.4 is 0 Å². The molecule has 1 fully saturated rings. The molecule has 2 atom stereocenters. The second-order valence-electron chi connectivity index (χ2n) is 4.90. The molecular weight excluding hydrogens is 248 g/mol. The number of rotatable bonds is 3.